The van der Waals surface area contributed by atoms with Gasteiger partial charge < -0.3 is 20.4 Å². The highest BCUT2D eigenvalue weighted by atomic mass is 19.1. The molecule has 0 amide bonds. The number of aryl methyl sites for hydroxylation is 2. The molecule has 0 saturated heterocycles. The van der Waals surface area contributed by atoms with Gasteiger partial charge in [0, 0.05) is 10.8 Å². The maximum atomic E-state index is 13.4. The van der Waals surface area contributed by atoms with Crippen molar-refractivity contribution < 1.29 is 29.2 Å². The average Bonchev–Trinajstić information content (AvgIpc) is 2.86. The molecule has 0 bridgehead atoms. The first-order valence-corrected chi connectivity index (χ1v) is 12.2. The van der Waals surface area contributed by atoms with Crippen molar-refractivity contribution in [3.63, 3.8) is 0 Å². The molecule has 0 spiro atoms. The molecule has 0 atom stereocenters. The fourth-order valence-electron chi connectivity index (χ4n) is 4.21. The zero-order valence-corrected chi connectivity index (χ0v) is 22.5. The first-order chi connectivity index (χ1) is 17.6. The van der Waals surface area contributed by atoms with Crippen LogP contribution in [0.1, 0.15) is 61.1 Å². The molecule has 0 aromatic heterocycles. The van der Waals surface area contributed by atoms with E-state index in [4.69, 9.17) is 0 Å². The second-order valence-electron chi connectivity index (χ2n) is 10.6. The van der Waals surface area contributed by atoms with Crippen LogP contribution in [0.5, 0.6) is 23.0 Å². The van der Waals surface area contributed by atoms with Gasteiger partial charge in [-0.15, -0.1) is 0 Å². The predicted octanol–water partition coefficient (Wildman–Crippen LogP) is 7.74. The summed E-state index contributed by atoms with van der Waals surface area (Å²) in [5, 5.41) is 37.6. The second-order valence-corrected chi connectivity index (χ2v) is 10.6. The topological polar surface area (TPSA) is 80.9 Å². The highest BCUT2D eigenvalue weighted by molar-refractivity contribution is 5.46. The van der Waals surface area contributed by atoms with Crippen molar-refractivity contribution in [2.24, 2.45) is 0 Å². The van der Waals surface area contributed by atoms with Crippen molar-refractivity contribution in [1.29, 1.82) is 0 Å². The lowest BCUT2D eigenvalue weighted by Gasteiger charge is -2.27. The third-order valence-electron chi connectivity index (χ3n) is 7.18. The Labute approximate surface area is 222 Å². The highest BCUT2D eigenvalue weighted by Crippen LogP contribution is 2.36. The predicted molar refractivity (Wildman–Crippen MR) is 146 cm³/mol. The van der Waals surface area contributed by atoms with Crippen LogP contribution < -0.4 is 0 Å². The number of halogens is 2. The van der Waals surface area contributed by atoms with Crippen LogP contribution in [0.3, 0.4) is 0 Å². The van der Waals surface area contributed by atoms with E-state index in [0.717, 1.165) is 22.3 Å². The molecule has 0 heterocycles. The first kappa shape index (κ1) is 28.5. The van der Waals surface area contributed by atoms with E-state index in [2.05, 4.69) is 13.8 Å². The van der Waals surface area contributed by atoms with Gasteiger partial charge in [0.15, 0.2) is 23.1 Å². The summed E-state index contributed by atoms with van der Waals surface area (Å²) in [6, 6.07) is 19.5. The van der Waals surface area contributed by atoms with Crippen LogP contribution in [0, 0.1) is 25.5 Å². The Morgan fingerprint density at radius 3 is 0.974 bits per heavy atom. The lowest BCUT2D eigenvalue weighted by atomic mass is 9.77. The van der Waals surface area contributed by atoms with Gasteiger partial charge in [-0.25, -0.2) is 8.78 Å². The van der Waals surface area contributed by atoms with E-state index >= 15 is 0 Å². The minimum Gasteiger partial charge on any atom is -0.508 e. The number of phenolic OH excluding ortho intramolecular Hbond substituents is 4. The number of hydrogen-bond acceptors (Lipinski definition) is 4. The van der Waals surface area contributed by atoms with Crippen LogP contribution in [0.25, 0.3) is 0 Å². The Balaban J connectivity index is 0.000000211. The summed E-state index contributed by atoms with van der Waals surface area (Å²) < 4.78 is 26.8. The normalized spacial score (nSPS) is 11.6. The Bertz CT molecular complexity index is 1240. The van der Waals surface area contributed by atoms with Crippen LogP contribution in [0.2, 0.25) is 0 Å². The maximum Gasteiger partial charge on any atom is 0.165 e. The summed E-state index contributed by atoms with van der Waals surface area (Å²) in [5.41, 5.74) is 4.43. The molecule has 200 valence electrons. The van der Waals surface area contributed by atoms with Gasteiger partial charge in [-0.05, 0) is 83.6 Å². The maximum absolute atomic E-state index is 13.4. The Hall–Kier alpha value is -4.06. The Morgan fingerprint density at radius 1 is 0.447 bits per heavy atom. The van der Waals surface area contributed by atoms with Gasteiger partial charge in [0.1, 0.15) is 11.5 Å². The summed E-state index contributed by atoms with van der Waals surface area (Å²) in [6.45, 7) is 11.7. The zero-order chi connectivity index (χ0) is 28.4. The van der Waals surface area contributed by atoms with Gasteiger partial charge in [-0.1, -0.05) is 64.1 Å². The fourth-order valence-corrected chi connectivity index (χ4v) is 4.21. The number of phenols is 4. The van der Waals surface area contributed by atoms with Gasteiger partial charge in [0.25, 0.3) is 0 Å². The molecule has 38 heavy (non-hydrogen) atoms. The molecule has 4 rings (SSSR count). The SMILES string of the molecule is CC(C)(c1ccc(O)c(F)c1)c1ccc(O)c(F)c1.Cc1cc(C(C)(C)c2ccc(O)c(C)c2)ccc1O. The average molecular weight is 521 g/mol. The number of aromatic hydroxyl groups is 4. The minimum atomic E-state index is -0.718. The van der Waals surface area contributed by atoms with Crippen molar-refractivity contribution in [1.82, 2.24) is 0 Å². The number of rotatable bonds is 4. The van der Waals surface area contributed by atoms with E-state index in [1.807, 2.05) is 52.0 Å². The van der Waals surface area contributed by atoms with Crippen LogP contribution in [-0.4, -0.2) is 20.4 Å². The van der Waals surface area contributed by atoms with Crippen molar-refractivity contribution in [3.05, 3.63) is 118 Å². The van der Waals surface area contributed by atoms with Crippen molar-refractivity contribution in [2.45, 2.75) is 52.4 Å². The zero-order valence-electron chi connectivity index (χ0n) is 22.5. The molecule has 0 unspecified atom stereocenters. The minimum absolute atomic E-state index is 0.170. The summed E-state index contributed by atoms with van der Waals surface area (Å²) >= 11 is 0. The van der Waals surface area contributed by atoms with E-state index < -0.39 is 28.5 Å². The smallest absolute Gasteiger partial charge is 0.165 e. The quantitative estimate of drug-likeness (QED) is 0.222. The summed E-state index contributed by atoms with van der Waals surface area (Å²) in [6.07, 6.45) is 0. The molecule has 0 fully saturated rings. The summed E-state index contributed by atoms with van der Waals surface area (Å²) in [7, 11) is 0. The molecule has 4 N–H and O–H groups in total. The Kier molecular flexibility index (Phi) is 8.06. The molecule has 0 aliphatic rings. The molecule has 6 heteroatoms. The van der Waals surface area contributed by atoms with E-state index in [-0.39, 0.29) is 5.41 Å². The van der Waals surface area contributed by atoms with Crippen molar-refractivity contribution in [3.8, 4) is 23.0 Å². The first-order valence-electron chi connectivity index (χ1n) is 12.2. The molecule has 0 aliphatic heterocycles. The van der Waals surface area contributed by atoms with Gasteiger partial charge in [-0.2, -0.15) is 0 Å². The van der Waals surface area contributed by atoms with Crippen molar-refractivity contribution in [2.75, 3.05) is 0 Å². The van der Waals surface area contributed by atoms with E-state index in [1.54, 1.807) is 24.3 Å². The molecule has 0 saturated carbocycles. The second kappa shape index (κ2) is 10.7. The van der Waals surface area contributed by atoms with Crippen LogP contribution in [0.4, 0.5) is 8.78 Å². The third-order valence-corrected chi connectivity index (χ3v) is 7.18. The lowest BCUT2D eigenvalue weighted by molar-refractivity contribution is 0.428. The van der Waals surface area contributed by atoms with Gasteiger partial charge in [0.2, 0.25) is 0 Å². The molecule has 0 aliphatic carbocycles. The number of hydrogen-bond donors (Lipinski definition) is 4. The number of benzene rings is 4. The molecular formula is C32H34F2O4. The molecule has 4 nitrogen and oxygen atoms in total. The van der Waals surface area contributed by atoms with E-state index in [9.17, 15) is 29.2 Å². The van der Waals surface area contributed by atoms with Gasteiger partial charge >= 0.3 is 0 Å². The fraction of sp³-hybridized carbons (Fsp3) is 0.250. The van der Waals surface area contributed by atoms with Gasteiger partial charge in [0.05, 0.1) is 0 Å². The molecule has 4 aromatic rings. The standard InChI is InChI=1S/C17H20O2.C15H14F2O2/c1-11-9-13(5-7-15(11)18)17(3,4)14-6-8-16(19)12(2)10-14;1-15(2,9-3-5-13(18)11(16)7-9)10-4-6-14(19)12(17)8-10/h5-10,18-19H,1-4H3;3-8,18-19H,1-2H3. The lowest BCUT2D eigenvalue weighted by Crippen LogP contribution is -2.19. The third kappa shape index (κ3) is 5.91. The summed E-state index contributed by atoms with van der Waals surface area (Å²) in [5.74, 6) is -1.63. The molecular weight excluding hydrogens is 486 g/mol. The summed E-state index contributed by atoms with van der Waals surface area (Å²) in [4.78, 5) is 0. The molecule has 4 aromatic carbocycles. The monoisotopic (exact) mass is 520 g/mol. The van der Waals surface area contributed by atoms with Gasteiger partial charge in [-0.3, -0.25) is 0 Å². The Morgan fingerprint density at radius 2 is 0.711 bits per heavy atom. The largest absolute Gasteiger partial charge is 0.508 e. The van der Waals surface area contributed by atoms with Crippen LogP contribution >= 0.6 is 0 Å². The van der Waals surface area contributed by atoms with E-state index in [0.29, 0.717) is 22.6 Å². The molecule has 0 radical (unpaired) electrons. The van der Waals surface area contributed by atoms with Crippen molar-refractivity contribution >= 4 is 0 Å². The van der Waals surface area contributed by atoms with Crippen LogP contribution in [0.15, 0.2) is 72.8 Å². The van der Waals surface area contributed by atoms with E-state index in [1.165, 1.54) is 24.3 Å². The van der Waals surface area contributed by atoms with Crippen LogP contribution in [-0.2, 0) is 10.8 Å². The highest BCUT2D eigenvalue weighted by Gasteiger charge is 2.26.